The first-order chi connectivity index (χ1) is 17.0. The van der Waals surface area contributed by atoms with Gasteiger partial charge in [0, 0.05) is 48.9 Å². The fourth-order valence-corrected chi connectivity index (χ4v) is 4.28. The van der Waals surface area contributed by atoms with Crippen LogP contribution in [0.1, 0.15) is 5.69 Å². The molecule has 1 N–H and O–H groups in total. The predicted molar refractivity (Wildman–Crippen MR) is 131 cm³/mol. The van der Waals surface area contributed by atoms with Crippen molar-refractivity contribution in [2.75, 3.05) is 19.0 Å². The van der Waals surface area contributed by atoms with Crippen molar-refractivity contribution in [2.24, 2.45) is 7.05 Å². The van der Waals surface area contributed by atoms with E-state index in [0.29, 0.717) is 30.0 Å². The number of anilines is 1. The first-order valence-corrected chi connectivity index (χ1v) is 11.1. The van der Waals surface area contributed by atoms with Crippen molar-refractivity contribution in [3.05, 3.63) is 78.6 Å². The molecule has 3 aromatic heterocycles. The summed E-state index contributed by atoms with van der Waals surface area (Å²) in [6.07, 6.45) is 5.10. The van der Waals surface area contributed by atoms with Crippen molar-refractivity contribution in [2.45, 2.75) is 13.5 Å². The highest BCUT2D eigenvalue weighted by atomic mass is 19.2. The van der Waals surface area contributed by atoms with Crippen molar-refractivity contribution < 1.29 is 13.5 Å². The van der Waals surface area contributed by atoms with Crippen molar-refractivity contribution in [3.63, 3.8) is 0 Å². The van der Waals surface area contributed by atoms with Crippen LogP contribution in [0.2, 0.25) is 0 Å². The Morgan fingerprint density at radius 2 is 1.80 bits per heavy atom. The van der Waals surface area contributed by atoms with Gasteiger partial charge in [-0.05, 0) is 18.6 Å². The zero-order valence-electron chi connectivity index (χ0n) is 19.6. The second-order valence-corrected chi connectivity index (χ2v) is 8.26. The number of benzene rings is 2. The summed E-state index contributed by atoms with van der Waals surface area (Å²) >= 11 is 0. The number of nitrogens with one attached hydrogen (secondary N) is 1. The molecule has 0 saturated heterocycles. The molecule has 0 spiro atoms. The molecule has 0 amide bonds. The van der Waals surface area contributed by atoms with Crippen molar-refractivity contribution in [1.82, 2.24) is 24.1 Å². The third-order valence-corrected chi connectivity index (χ3v) is 6.07. The Hall–Kier alpha value is -4.27. The summed E-state index contributed by atoms with van der Waals surface area (Å²) < 4.78 is 37.7. The normalized spacial score (nSPS) is 11.2. The Kier molecular flexibility index (Phi) is 5.90. The van der Waals surface area contributed by atoms with Crippen molar-refractivity contribution in [3.8, 4) is 28.3 Å². The largest absolute Gasteiger partial charge is 0.496 e. The number of rotatable bonds is 7. The molecule has 0 aliphatic heterocycles. The second kappa shape index (κ2) is 9.17. The van der Waals surface area contributed by atoms with Gasteiger partial charge in [0.25, 0.3) is 0 Å². The van der Waals surface area contributed by atoms with Gasteiger partial charge in [0.15, 0.2) is 11.6 Å². The van der Waals surface area contributed by atoms with Gasteiger partial charge in [-0.1, -0.05) is 24.3 Å². The topological polar surface area (TPSA) is 69.8 Å². The number of hydrogen-bond donors (Lipinski definition) is 1. The zero-order chi connectivity index (χ0) is 24.5. The van der Waals surface area contributed by atoms with E-state index in [2.05, 4.69) is 20.3 Å². The Bertz CT molecular complexity index is 1510. The van der Waals surface area contributed by atoms with Crippen LogP contribution in [0.5, 0.6) is 5.75 Å². The number of hydrogen-bond acceptors (Lipinski definition) is 5. The minimum absolute atomic E-state index is 0.193. The van der Waals surface area contributed by atoms with E-state index < -0.39 is 11.6 Å². The zero-order valence-corrected chi connectivity index (χ0v) is 19.6. The van der Waals surface area contributed by atoms with E-state index in [4.69, 9.17) is 4.74 Å². The van der Waals surface area contributed by atoms with Crippen LogP contribution in [-0.2, 0) is 13.6 Å². The van der Waals surface area contributed by atoms with Crippen molar-refractivity contribution >= 4 is 16.7 Å². The van der Waals surface area contributed by atoms with Gasteiger partial charge in [0.1, 0.15) is 17.9 Å². The van der Waals surface area contributed by atoms with E-state index in [1.165, 1.54) is 13.4 Å². The molecule has 0 saturated carbocycles. The molecule has 5 aromatic rings. The molecule has 35 heavy (non-hydrogen) atoms. The fraction of sp³-hybridized carbons (Fsp3) is 0.192. The molecule has 0 aliphatic carbocycles. The Morgan fingerprint density at radius 1 is 1.03 bits per heavy atom. The highest BCUT2D eigenvalue weighted by molar-refractivity contribution is 5.88. The lowest BCUT2D eigenvalue weighted by molar-refractivity contribution is 0.412. The maximum Gasteiger partial charge on any atom is 0.183 e. The van der Waals surface area contributed by atoms with Crippen molar-refractivity contribution in [1.29, 1.82) is 0 Å². The molecule has 0 aliphatic rings. The number of imidazole rings is 1. The smallest absolute Gasteiger partial charge is 0.183 e. The molecule has 0 fully saturated rings. The van der Waals surface area contributed by atoms with E-state index in [-0.39, 0.29) is 5.52 Å². The molecule has 0 bridgehead atoms. The number of aromatic nitrogens is 5. The molecule has 3 heterocycles. The van der Waals surface area contributed by atoms with Gasteiger partial charge in [0.05, 0.1) is 36.5 Å². The summed E-state index contributed by atoms with van der Waals surface area (Å²) in [7, 11) is 3.40. The SMILES string of the molecule is COc1cc(F)c(F)c2c1cc(C)n2CCNc1cc(-c2ccc(-c3cncn3C)cc2)ncn1. The summed E-state index contributed by atoms with van der Waals surface area (Å²) in [6, 6.07) is 12.8. The Morgan fingerprint density at radius 3 is 2.51 bits per heavy atom. The predicted octanol–water partition coefficient (Wildman–Crippen LogP) is 5.21. The monoisotopic (exact) mass is 474 g/mol. The molecule has 0 unspecified atom stereocenters. The van der Waals surface area contributed by atoms with E-state index in [0.717, 1.165) is 34.3 Å². The second-order valence-electron chi connectivity index (χ2n) is 8.26. The lowest BCUT2D eigenvalue weighted by Gasteiger charge is -2.12. The average Bonchev–Trinajstić information content (AvgIpc) is 3.45. The Balaban J connectivity index is 1.32. The maximum absolute atomic E-state index is 14.6. The highest BCUT2D eigenvalue weighted by Gasteiger charge is 2.18. The summed E-state index contributed by atoms with van der Waals surface area (Å²) in [6.45, 7) is 2.73. The van der Waals surface area contributed by atoms with Gasteiger partial charge < -0.3 is 19.2 Å². The van der Waals surface area contributed by atoms with Crippen LogP contribution in [0.15, 0.2) is 61.3 Å². The van der Waals surface area contributed by atoms with Crippen LogP contribution in [0, 0.1) is 18.6 Å². The summed E-state index contributed by atoms with van der Waals surface area (Å²) in [5, 5.41) is 3.80. The first kappa shape index (κ1) is 22.5. The van der Waals surface area contributed by atoms with E-state index in [1.54, 1.807) is 17.0 Å². The van der Waals surface area contributed by atoms with Crippen LogP contribution in [0.3, 0.4) is 0 Å². The van der Waals surface area contributed by atoms with Crippen LogP contribution in [0.4, 0.5) is 14.6 Å². The van der Waals surface area contributed by atoms with Gasteiger partial charge in [-0.25, -0.2) is 23.7 Å². The van der Waals surface area contributed by atoms with E-state index in [9.17, 15) is 8.78 Å². The minimum Gasteiger partial charge on any atom is -0.496 e. The average molecular weight is 475 g/mol. The lowest BCUT2D eigenvalue weighted by Crippen LogP contribution is -2.13. The van der Waals surface area contributed by atoms with Crippen LogP contribution in [0.25, 0.3) is 33.4 Å². The maximum atomic E-state index is 14.6. The number of nitrogens with zero attached hydrogens (tertiary/aromatic N) is 5. The highest BCUT2D eigenvalue weighted by Crippen LogP contribution is 2.32. The fourth-order valence-electron chi connectivity index (χ4n) is 4.28. The molecule has 2 aromatic carbocycles. The number of fused-ring (bicyclic) bond motifs is 1. The lowest BCUT2D eigenvalue weighted by atomic mass is 10.1. The van der Waals surface area contributed by atoms with Gasteiger partial charge in [-0.2, -0.15) is 0 Å². The summed E-state index contributed by atoms with van der Waals surface area (Å²) in [5.41, 5.74) is 4.83. The minimum atomic E-state index is -0.934. The Labute approximate surface area is 201 Å². The first-order valence-electron chi connectivity index (χ1n) is 11.1. The molecular weight excluding hydrogens is 450 g/mol. The van der Waals surface area contributed by atoms with Gasteiger partial charge in [-0.3, -0.25) is 0 Å². The summed E-state index contributed by atoms with van der Waals surface area (Å²) in [5.74, 6) is -0.864. The molecule has 0 radical (unpaired) electrons. The van der Waals surface area contributed by atoms with Crippen LogP contribution >= 0.6 is 0 Å². The standard InChI is InChI=1S/C26H24F2N6O/c1-16-10-19-23(35-3)11-20(27)25(28)26(19)34(16)9-8-30-24-12-21(31-14-32-24)17-4-6-18(7-5-17)22-13-29-15-33(22)2/h4-7,10-15H,8-9H2,1-3H3,(H,30,31,32). The van der Waals surface area contributed by atoms with Gasteiger partial charge >= 0.3 is 0 Å². The van der Waals surface area contributed by atoms with Crippen LogP contribution < -0.4 is 10.1 Å². The van der Waals surface area contributed by atoms with Gasteiger partial charge in [-0.15, -0.1) is 0 Å². The van der Waals surface area contributed by atoms with E-state index in [1.807, 2.05) is 55.1 Å². The molecule has 178 valence electrons. The third-order valence-electron chi connectivity index (χ3n) is 6.07. The van der Waals surface area contributed by atoms with Gasteiger partial charge in [0.2, 0.25) is 0 Å². The number of halogens is 2. The number of methoxy groups -OCH3 is 1. The third kappa shape index (κ3) is 4.21. The quantitative estimate of drug-likeness (QED) is 0.351. The molecule has 0 atom stereocenters. The van der Waals surface area contributed by atoms with Crippen LogP contribution in [-0.4, -0.2) is 37.7 Å². The molecule has 7 nitrogen and oxygen atoms in total. The summed E-state index contributed by atoms with van der Waals surface area (Å²) in [4.78, 5) is 12.9. The molecular formula is C26H24F2N6O. The molecule has 5 rings (SSSR count). The number of aryl methyl sites for hydroxylation is 2. The van der Waals surface area contributed by atoms with E-state index >= 15 is 0 Å². The number of ether oxygens (including phenoxy) is 1. The molecule has 9 heteroatoms.